The fourth-order valence-electron chi connectivity index (χ4n) is 2.26. The largest absolute Gasteiger partial charge is 0.399 e. The number of benzene rings is 1. The summed E-state index contributed by atoms with van der Waals surface area (Å²) in [6.45, 7) is 2.47. The van der Waals surface area contributed by atoms with Crippen LogP contribution in [0.25, 0.3) is 5.57 Å². The molecule has 0 aliphatic rings. The molecule has 2 aromatic rings. The predicted molar refractivity (Wildman–Crippen MR) is 98.8 cm³/mol. The maximum absolute atomic E-state index is 12.3. The Hall–Kier alpha value is -2.95. The van der Waals surface area contributed by atoms with Crippen molar-refractivity contribution >= 4 is 22.9 Å². The van der Waals surface area contributed by atoms with Gasteiger partial charge >= 0.3 is 0 Å². The molecule has 1 amide bonds. The zero-order chi connectivity index (χ0) is 17.4. The molecule has 0 aliphatic carbocycles. The van der Waals surface area contributed by atoms with Crippen molar-refractivity contribution in [3.63, 3.8) is 0 Å². The molecular weight excluding hydrogens is 300 g/mol. The minimum Gasteiger partial charge on any atom is -0.399 e. The number of pyridine rings is 1. The van der Waals surface area contributed by atoms with Crippen LogP contribution in [0.1, 0.15) is 18.1 Å². The Morgan fingerprint density at radius 3 is 2.83 bits per heavy atom. The van der Waals surface area contributed by atoms with E-state index in [9.17, 15) is 4.79 Å². The average Bonchev–Trinajstić information content (AvgIpc) is 2.60. The van der Waals surface area contributed by atoms with Crippen molar-refractivity contribution in [1.82, 2.24) is 10.3 Å². The van der Waals surface area contributed by atoms with Gasteiger partial charge in [-0.15, -0.1) is 0 Å². The van der Waals surface area contributed by atoms with Crippen molar-refractivity contribution in [2.75, 3.05) is 19.3 Å². The van der Waals surface area contributed by atoms with Crippen LogP contribution in [0.5, 0.6) is 0 Å². The Balaban J connectivity index is 1.97. The number of carbonyl (C=O) groups excluding carboxylic acids is 1. The molecule has 0 saturated heterocycles. The molecule has 5 heteroatoms. The highest BCUT2D eigenvalue weighted by atomic mass is 16.1. The summed E-state index contributed by atoms with van der Waals surface area (Å²) in [5.74, 6) is -0.190. The van der Waals surface area contributed by atoms with Crippen molar-refractivity contribution in [2.24, 2.45) is 4.99 Å². The Morgan fingerprint density at radius 2 is 2.17 bits per heavy atom. The van der Waals surface area contributed by atoms with Gasteiger partial charge in [0.05, 0.1) is 0 Å². The molecule has 24 heavy (non-hydrogen) atoms. The van der Waals surface area contributed by atoms with Crippen molar-refractivity contribution in [2.45, 2.75) is 13.3 Å². The van der Waals surface area contributed by atoms with Crippen LogP contribution < -0.4 is 11.1 Å². The normalized spacial score (nSPS) is 12.1. The SMILES string of the molecule is CN=C(/C=C(\C)c1cccc(N)c1)C(=O)NCCc1cccnc1. The first-order valence-corrected chi connectivity index (χ1v) is 7.78. The maximum atomic E-state index is 12.3. The molecule has 0 fully saturated rings. The van der Waals surface area contributed by atoms with Crippen LogP contribution in [0.3, 0.4) is 0 Å². The Kier molecular flexibility index (Phi) is 6.25. The van der Waals surface area contributed by atoms with Crippen LogP contribution >= 0.6 is 0 Å². The number of hydrogen-bond acceptors (Lipinski definition) is 4. The number of allylic oxidation sites excluding steroid dienone is 1. The molecule has 0 spiro atoms. The van der Waals surface area contributed by atoms with Gasteiger partial charge in [0.2, 0.25) is 0 Å². The second-order valence-corrected chi connectivity index (χ2v) is 5.43. The molecule has 0 atom stereocenters. The molecule has 0 unspecified atom stereocenters. The summed E-state index contributed by atoms with van der Waals surface area (Å²) in [5.41, 5.74) is 9.87. The third-order valence-corrected chi connectivity index (χ3v) is 3.59. The summed E-state index contributed by atoms with van der Waals surface area (Å²) >= 11 is 0. The molecule has 0 radical (unpaired) electrons. The van der Waals surface area contributed by atoms with E-state index in [0.29, 0.717) is 17.9 Å². The molecule has 3 N–H and O–H groups in total. The number of anilines is 1. The summed E-state index contributed by atoms with van der Waals surface area (Å²) in [6, 6.07) is 11.4. The lowest BCUT2D eigenvalue weighted by molar-refractivity contribution is -0.114. The van der Waals surface area contributed by atoms with Crippen LogP contribution in [0.2, 0.25) is 0 Å². The van der Waals surface area contributed by atoms with Gasteiger partial charge in [0.1, 0.15) is 5.71 Å². The molecule has 5 nitrogen and oxygen atoms in total. The van der Waals surface area contributed by atoms with E-state index >= 15 is 0 Å². The zero-order valence-electron chi connectivity index (χ0n) is 14.0. The lowest BCUT2D eigenvalue weighted by Crippen LogP contribution is -2.31. The van der Waals surface area contributed by atoms with Crippen molar-refractivity contribution in [3.8, 4) is 0 Å². The third-order valence-electron chi connectivity index (χ3n) is 3.59. The van der Waals surface area contributed by atoms with Gasteiger partial charge in [-0.1, -0.05) is 18.2 Å². The quantitative estimate of drug-likeness (QED) is 0.633. The lowest BCUT2D eigenvalue weighted by atomic mass is 10.0. The van der Waals surface area contributed by atoms with Crippen LogP contribution in [0.4, 0.5) is 5.69 Å². The standard InChI is InChI=1S/C19H22N4O/c1-14(16-6-3-7-17(20)12-16)11-18(21-2)19(24)23-10-8-15-5-4-9-22-13-15/h3-7,9,11-13H,8,10,20H2,1-2H3,(H,23,24)/b14-11+,21-18?. The Labute approximate surface area is 142 Å². The van der Waals surface area contributed by atoms with Gasteiger partial charge in [0.25, 0.3) is 5.91 Å². The number of nitrogens with one attached hydrogen (secondary N) is 1. The van der Waals surface area contributed by atoms with Gasteiger partial charge < -0.3 is 11.1 Å². The van der Waals surface area contributed by atoms with E-state index < -0.39 is 0 Å². The van der Waals surface area contributed by atoms with E-state index in [1.807, 2.05) is 43.3 Å². The first-order valence-electron chi connectivity index (χ1n) is 7.78. The zero-order valence-corrected chi connectivity index (χ0v) is 14.0. The molecule has 124 valence electrons. The average molecular weight is 322 g/mol. The van der Waals surface area contributed by atoms with Crippen molar-refractivity contribution in [1.29, 1.82) is 0 Å². The molecule has 0 bridgehead atoms. The number of aromatic nitrogens is 1. The molecule has 0 aliphatic heterocycles. The van der Waals surface area contributed by atoms with Crippen LogP contribution in [-0.4, -0.2) is 30.2 Å². The van der Waals surface area contributed by atoms with E-state index in [1.165, 1.54) is 0 Å². The molecule has 1 aromatic heterocycles. The first-order chi connectivity index (χ1) is 11.6. The highest BCUT2D eigenvalue weighted by Crippen LogP contribution is 2.16. The number of hydrogen-bond donors (Lipinski definition) is 2. The van der Waals surface area contributed by atoms with Gasteiger partial charge in [-0.25, -0.2) is 0 Å². The summed E-state index contributed by atoms with van der Waals surface area (Å²) in [4.78, 5) is 20.4. The minimum absolute atomic E-state index is 0.190. The van der Waals surface area contributed by atoms with Gasteiger partial charge in [-0.3, -0.25) is 14.8 Å². The van der Waals surface area contributed by atoms with E-state index in [-0.39, 0.29) is 5.91 Å². The highest BCUT2D eigenvalue weighted by Gasteiger charge is 2.08. The number of carbonyl (C=O) groups is 1. The highest BCUT2D eigenvalue weighted by molar-refractivity contribution is 6.44. The van der Waals surface area contributed by atoms with E-state index in [1.54, 1.807) is 25.5 Å². The second kappa shape index (κ2) is 8.62. The van der Waals surface area contributed by atoms with Crippen LogP contribution in [0.15, 0.2) is 59.9 Å². The topological polar surface area (TPSA) is 80.4 Å². The van der Waals surface area contributed by atoms with Crippen LogP contribution in [-0.2, 0) is 11.2 Å². The van der Waals surface area contributed by atoms with E-state index in [0.717, 1.165) is 23.1 Å². The second-order valence-electron chi connectivity index (χ2n) is 5.43. The first kappa shape index (κ1) is 17.4. The number of nitrogens with two attached hydrogens (primary N) is 1. The van der Waals surface area contributed by atoms with Gasteiger partial charge in [0, 0.05) is 31.7 Å². The summed E-state index contributed by atoms with van der Waals surface area (Å²) < 4.78 is 0. The van der Waals surface area contributed by atoms with Crippen molar-refractivity contribution < 1.29 is 4.79 Å². The van der Waals surface area contributed by atoms with Gasteiger partial charge in [-0.05, 0) is 54.3 Å². The number of amides is 1. The minimum atomic E-state index is -0.190. The lowest BCUT2D eigenvalue weighted by Gasteiger charge is -2.07. The number of nitrogens with zero attached hydrogens (tertiary/aromatic N) is 2. The van der Waals surface area contributed by atoms with E-state index in [2.05, 4.69) is 15.3 Å². The fourth-order valence-corrected chi connectivity index (χ4v) is 2.26. The number of aliphatic imine (C=N–C) groups is 1. The fraction of sp³-hybridized carbons (Fsp3) is 0.211. The number of rotatable bonds is 6. The smallest absolute Gasteiger partial charge is 0.269 e. The Morgan fingerprint density at radius 1 is 1.33 bits per heavy atom. The predicted octanol–water partition coefficient (Wildman–Crippen LogP) is 2.50. The van der Waals surface area contributed by atoms with Gasteiger partial charge in [-0.2, -0.15) is 0 Å². The monoisotopic (exact) mass is 322 g/mol. The molecular formula is C19H22N4O. The van der Waals surface area contributed by atoms with E-state index in [4.69, 9.17) is 5.73 Å². The third kappa shape index (κ3) is 5.05. The van der Waals surface area contributed by atoms with Crippen LogP contribution in [0, 0.1) is 0 Å². The molecule has 2 rings (SSSR count). The Bertz CT molecular complexity index is 751. The maximum Gasteiger partial charge on any atom is 0.269 e. The van der Waals surface area contributed by atoms with Crippen molar-refractivity contribution in [3.05, 3.63) is 66.0 Å². The molecule has 1 heterocycles. The summed E-state index contributed by atoms with van der Waals surface area (Å²) in [7, 11) is 1.61. The summed E-state index contributed by atoms with van der Waals surface area (Å²) in [6.07, 6.45) is 6.03. The summed E-state index contributed by atoms with van der Waals surface area (Å²) in [5, 5.41) is 2.88. The molecule has 1 aromatic carbocycles. The number of nitrogen functional groups attached to an aromatic ring is 1. The molecule has 0 saturated carbocycles. The van der Waals surface area contributed by atoms with Gasteiger partial charge in [0.15, 0.2) is 0 Å².